The van der Waals surface area contributed by atoms with Crippen LogP contribution in [0, 0.1) is 0 Å². The van der Waals surface area contributed by atoms with Crippen molar-refractivity contribution in [3.05, 3.63) is 76.8 Å². The number of esters is 1. The maximum absolute atomic E-state index is 11.9. The zero-order chi connectivity index (χ0) is 19.2. The summed E-state index contributed by atoms with van der Waals surface area (Å²) in [6.45, 7) is 0. The van der Waals surface area contributed by atoms with Gasteiger partial charge in [-0.3, -0.25) is 9.78 Å². The Kier molecular flexibility index (Phi) is 5.63. The van der Waals surface area contributed by atoms with Gasteiger partial charge in [-0.2, -0.15) is 5.10 Å². The number of carbonyl (C=O) groups excluding carboxylic acids is 2. The molecule has 136 valence electrons. The van der Waals surface area contributed by atoms with Crippen molar-refractivity contribution in [2.24, 2.45) is 5.10 Å². The molecule has 3 aromatic rings. The van der Waals surface area contributed by atoms with Gasteiger partial charge in [-0.05, 0) is 36.4 Å². The molecule has 0 spiro atoms. The molecule has 1 N–H and O–H groups in total. The lowest BCUT2D eigenvalue weighted by Crippen LogP contribution is -2.17. The maximum Gasteiger partial charge on any atom is 0.339 e. The number of aromatic nitrogens is 1. The summed E-state index contributed by atoms with van der Waals surface area (Å²) in [4.78, 5) is 27.3. The molecule has 7 nitrogen and oxygen atoms in total. The topological polar surface area (TPSA) is 93.8 Å². The molecule has 0 aliphatic rings. The molecule has 0 radical (unpaired) electrons. The summed E-state index contributed by atoms with van der Waals surface area (Å²) in [5.74, 6) is 0.0810. The molecule has 3 rings (SSSR count). The molecule has 0 unspecified atom stereocenters. The molecule has 27 heavy (non-hydrogen) atoms. The number of hydrogen-bond acceptors (Lipinski definition) is 6. The van der Waals surface area contributed by atoms with E-state index in [0.29, 0.717) is 22.6 Å². The second kappa shape index (κ2) is 8.29. The van der Waals surface area contributed by atoms with Crippen molar-refractivity contribution in [1.82, 2.24) is 10.4 Å². The number of nitrogens with zero attached hydrogens (tertiary/aromatic N) is 2. The number of amides is 1. The van der Waals surface area contributed by atoms with Crippen LogP contribution < -0.4 is 5.43 Å². The van der Waals surface area contributed by atoms with Gasteiger partial charge in [-0.15, -0.1) is 0 Å². The highest BCUT2D eigenvalue weighted by Gasteiger charge is 2.13. The Labute approximate surface area is 159 Å². The van der Waals surface area contributed by atoms with E-state index in [1.54, 1.807) is 48.7 Å². The smallest absolute Gasteiger partial charge is 0.339 e. The van der Waals surface area contributed by atoms with E-state index in [1.165, 1.54) is 19.5 Å². The van der Waals surface area contributed by atoms with Crippen LogP contribution in [-0.4, -0.2) is 30.2 Å². The number of furan rings is 1. The largest absolute Gasteiger partial charge is 0.465 e. The van der Waals surface area contributed by atoms with Crippen LogP contribution in [0.2, 0.25) is 5.02 Å². The first-order valence-corrected chi connectivity index (χ1v) is 8.18. The van der Waals surface area contributed by atoms with E-state index >= 15 is 0 Å². The van der Waals surface area contributed by atoms with Gasteiger partial charge in [0, 0.05) is 18.0 Å². The molecule has 0 aliphatic heterocycles. The number of hydrogen-bond donors (Lipinski definition) is 1. The van der Waals surface area contributed by atoms with Gasteiger partial charge in [0.2, 0.25) is 0 Å². The Morgan fingerprint density at radius 2 is 2.11 bits per heavy atom. The van der Waals surface area contributed by atoms with E-state index in [1.807, 2.05) is 0 Å². The number of halogens is 1. The summed E-state index contributed by atoms with van der Waals surface area (Å²) in [6, 6.07) is 11.6. The predicted molar refractivity (Wildman–Crippen MR) is 99.8 cm³/mol. The lowest BCUT2D eigenvalue weighted by atomic mass is 10.1. The zero-order valence-electron chi connectivity index (χ0n) is 14.2. The Morgan fingerprint density at radius 1 is 1.26 bits per heavy atom. The average Bonchev–Trinajstić information content (AvgIpc) is 3.17. The summed E-state index contributed by atoms with van der Waals surface area (Å²) in [5, 5.41) is 4.12. The molecule has 0 atom stereocenters. The summed E-state index contributed by atoms with van der Waals surface area (Å²) in [7, 11) is 1.29. The van der Waals surface area contributed by atoms with Crippen LogP contribution in [0.1, 0.15) is 26.5 Å². The Balaban J connectivity index is 1.69. The maximum atomic E-state index is 11.9. The fourth-order valence-corrected chi connectivity index (χ4v) is 2.50. The van der Waals surface area contributed by atoms with Crippen LogP contribution in [0.15, 0.2) is 64.4 Å². The van der Waals surface area contributed by atoms with E-state index in [0.717, 1.165) is 0 Å². The summed E-state index contributed by atoms with van der Waals surface area (Å²) in [6.07, 6.45) is 4.40. The third-order valence-corrected chi connectivity index (χ3v) is 3.88. The van der Waals surface area contributed by atoms with Gasteiger partial charge in [0.15, 0.2) is 0 Å². The third-order valence-electron chi connectivity index (χ3n) is 3.57. The minimum atomic E-state index is -0.511. The molecule has 0 bridgehead atoms. The molecular weight excluding hydrogens is 370 g/mol. The highest BCUT2D eigenvalue weighted by molar-refractivity contribution is 6.33. The van der Waals surface area contributed by atoms with Crippen molar-refractivity contribution in [1.29, 1.82) is 0 Å². The number of carbonyl (C=O) groups is 2. The van der Waals surface area contributed by atoms with Crippen LogP contribution in [0.3, 0.4) is 0 Å². The number of nitrogens with one attached hydrogen (secondary N) is 1. The fourth-order valence-electron chi connectivity index (χ4n) is 2.24. The SMILES string of the molecule is COC(=O)c1ccc(-c2ccc(/C=N/NC(=O)c3cccnc3)o2)cc1Cl. The monoisotopic (exact) mass is 383 g/mol. The second-order valence-electron chi connectivity index (χ2n) is 5.33. The van der Waals surface area contributed by atoms with Gasteiger partial charge >= 0.3 is 5.97 Å². The summed E-state index contributed by atoms with van der Waals surface area (Å²) in [5.41, 5.74) is 3.75. The zero-order valence-corrected chi connectivity index (χ0v) is 14.9. The van der Waals surface area contributed by atoms with E-state index in [9.17, 15) is 9.59 Å². The van der Waals surface area contributed by atoms with Gasteiger partial charge in [0.1, 0.15) is 11.5 Å². The van der Waals surface area contributed by atoms with Gasteiger partial charge in [0.25, 0.3) is 5.91 Å². The molecule has 8 heteroatoms. The van der Waals surface area contributed by atoms with Crippen LogP contribution in [0.25, 0.3) is 11.3 Å². The molecular formula is C19H14ClN3O4. The number of rotatable bonds is 5. The predicted octanol–water partition coefficient (Wildman–Crippen LogP) is 3.55. The summed E-state index contributed by atoms with van der Waals surface area (Å²) < 4.78 is 10.3. The molecule has 1 amide bonds. The molecule has 0 saturated carbocycles. The average molecular weight is 384 g/mol. The lowest BCUT2D eigenvalue weighted by Gasteiger charge is -2.04. The summed E-state index contributed by atoms with van der Waals surface area (Å²) >= 11 is 6.11. The minimum Gasteiger partial charge on any atom is -0.465 e. The van der Waals surface area contributed by atoms with Gasteiger partial charge < -0.3 is 9.15 Å². The van der Waals surface area contributed by atoms with Crippen LogP contribution in [-0.2, 0) is 4.74 Å². The van der Waals surface area contributed by atoms with Crippen molar-refractivity contribution < 1.29 is 18.7 Å². The number of pyridine rings is 1. The number of benzene rings is 1. The first kappa shape index (κ1) is 18.3. The highest BCUT2D eigenvalue weighted by atomic mass is 35.5. The Hall–Kier alpha value is -3.45. The molecule has 2 aromatic heterocycles. The molecule has 1 aromatic carbocycles. The molecule has 2 heterocycles. The molecule has 0 fully saturated rings. The van der Waals surface area contributed by atoms with Crippen molar-refractivity contribution in [2.45, 2.75) is 0 Å². The van der Waals surface area contributed by atoms with Crippen molar-refractivity contribution in [3.8, 4) is 11.3 Å². The van der Waals surface area contributed by atoms with Crippen molar-refractivity contribution in [2.75, 3.05) is 7.11 Å². The normalized spacial score (nSPS) is 10.7. The van der Waals surface area contributed by atoms with Crippen LogP contribution in [0.5, 0.6) is 0 Å². The van der Waals surface area contributed by atoms with Gasteiger partial charge in [0.05, 0.1) is 29.5 Å². The van der Waals surface area contributed by atoms with E-state index in [-0.39, 0.29) is 16.5 Å². The Morgan fingerprint density at radius 3 is 2.81 bits per heavy atom. The number of hydrazone groups is 1. The standard InChI is InChI=1S/C19H14ClN3O4/c1-26-19(25)15-6-4-12(9-16(15)20)17-7-5-14(27-17)11-22-23-18(24)13-3-2-8-21-10-13/h2-11H,1H3,(H,23,24)/b22-11+. The lowest BCUT2D eigenvalue weighted by molar-refractivity contribution is 0.0600. The molecule has 0 saturated heterocycles. The third kappa shape index (κ3) is 4.39. The Bertz CT molecular complexity index is 999. The quantitative estimate of drug-likeness (QED) is 0.413. The molecule has 0 aliphatic carbocycles. The van der Waals surface area contributed by atoms with E-state index < -0.39 is 5.97 Å². The van der Waals surface area contributed by atoms with Gasteiger partial charge in [-0.1, -0.05) is 17.7 Å². The van der Waals surface area contributed by atoms with E-state index in [2.05, 4.69) is 20.2 Å². The van der Waals surface area contributed by atoms with Gasteiger partial charge in [-0.25, -0.2) is 10.2 Å². The number of ether oxygens (including phenoxy) is 1. The van der Waals surface area contributed by atoms with Crippen LogP contribution in [0.4, 0.5) is 0 Å². The first-order valence-electron chi connectivity index (χ1n) is 7.80. The van der Waals surface area contributed by atoms with E-state index in [4.69, 9.17) is 16.0 Å². The fraction of sp³-hybridized carbons (Fsp3) is 0.0526. The van der Waals surface area contributed by atoms with Crippen molar-refractivity contribution >= 4 is 29.7 Å². The highest BCUT2D eigenvalue weighted by Crippen LogP contribution is 2.27. The van der Waals surface area contributed by atoms with Crippen molar-refractivity contribution in [3.63, 3.8) is 0 Å². The minimum absolute atomic E-state index is 0.259. The second-order valence-corrected chi connectivity index (χ2v) is 5.74. The number of methoxy groups -OCH3 is 1. The first-order chi connectivity index (χ1) is 13.1. The van der Waals surface area contributed by atoms with Crippen LogP contribution >= 0.6 is 11.6 Å².